The Morgan fingerprint density at radius 3 is 2.53 bits per heavy atom. The van der Waals surface area contributed by atoms with E-state index in [-0.39, 0.29) is 17.5 Å². The van der Waals surface area contributed by atoms with Gasteiger partial charge >= 0.3 is 0 Å². The van der Waals surface area contributed by atoms with E-state index in [1.807, 2.05) is 6.92 Å². The summed E-state index contributed by atoms with van der Waals surface area (Å²) in [4.78, 5) is 10.3. The standard InChI is InChI=1S/C12H18N2O4S/c1-9-8-11(4-5-12(9)14(15)16)13-10(2)6-7-19(3,17)18/h4-5,8,10,13H,6-7H2,1-3H3. The molecule has 106 valence electrons. The minimum Gasteiger partial charge on any atom is -0.383 e. The summed E-state index contributed by atoms with van der Waals surface area (Å²) in [7, 11) is -2.97. The van der Waals surface area contributed by atoms with Gasteiger partial charge in [-0.25, -0.2) is 8.42 Å². The second kappa shape index (κ2) is 6.01. The normalized spacial score (nSPS) is 13.0. The molecule has 1 atom stereocenters. The van der Waals surface area contributed by atoms with Crippen molar-refractivity contribution < 1.29 is 13.3 Å². The Bertz CT molecular complexity index is 569. The van der Waals surface area contributed by atoms with Crippen LogP contribution < -0.4 is 5.32 Å². The maximum absolute atomic E-state index is 11.1. The van der Waals surface area contributed by atoms with Crippen LogP contribution in [-0.2, 0) is 9.84 Å². The molecule has 0 spiro atoms. The predicted octanol–water partition coefficient (Wildman–Crippen LogP) is 2.14. The Labute approximate surface area is 112 Å². The van der Waals surface area contributed by atoms with Crippen molar-refractivity contribution in [2.45, 2.75) is 26.3 Å². The van der Waals surface area contributed by atoms with Crippen LogP contribution in [0.5, 0.6) is 0 Å². The molecule has 0 aliphatic carbocycles. The van der Waals surface area contributed by atoms with E-state index in [1.54, 1.807) is 19.1 Å². The molecule has 7 heteroatoms. The number of nitro groups is 1. The number of aryl methyl sites for hydroxylation is 1. The molecular weight excluding hydrogens is 268 g/mol. The number of hydrogen-bond acceptors (Lipinski definition) is 5. The number of nitro benzene ring substituents is 1. The molecule has 0 aliphatic heterocycles. The average Bonchev–Trinajstić information content (AvgIpc) is 2.25. The quantitative estimate of drug-likeness (QED) is 0.639. The van der Waals surface area contributed by atoms with Gasteiger partial charge in [0.15, 0.2) is 0 Å². The molecule has 0 radical (unpaired) electrons. The van der Waals surface area contributed by atoms with Gasteiger partial charge in [0.2, 0.25) is 0 Å². The molecule has 1 rings (SSSR count). The molecular formula is C12H18N2O4S. The number of benzene rings is 1. The molecule has 0 aromatic heterocycles. The van der Waals surface area contributed by atoms with E-state index in [0.717, 1.165) is 5.69 Å². The predicted molar refractivity (Wildman–Crippen MR) is 75.2 cm³/mol. The fourth-order valence-electron chi connectivity index (χ4n) is 1.70. The number of nitrogens with zero attached hydrogens (tertiary/aromatic N) is 1. The highest BCUT2D eigenvalue weighted by Crippen LogP contribution is 2.22. The van der Waals surface area contributed by atoms with E-state index in [2.05, 4.69) is 5.32 Å². The van der Waals surface area contributed by atoms with Gasteiger partial charge in [0, 0.05) is 29.6 Å². The molecule has 0 fully saturated rings. The van der Waals surface area contributed by atoms with Gasteiger partial charge in [-0.05, 0) is 32.4 Å². The fraction of sp³-hybridized carbons (Fsp3) is 0.500. The Balaban J connectivity index is 2.67. The molecule has 0 heterocycles. The summed E-state index contributed by atoms with van der Waals surface area (Å²) in [6, 6.07) is 4.74. The Morgan fingerprint density at radius 2 is 2.05 bits per heavy atom. The average molecular weight is 286 g/mol. The van der Waals surface area contributed by atoms with Gasteiger partial charge in [-0.15, -0.1) is 0 Å². The summed E-state index contributed by atoms with van der Waals surface area (Å²) < 4.78 is 22.1. The first kappa shape index (κ1) is 15.4. The molecule has 6 nitrogen and oxygen atoms in total. The van der Waals surface area contributed by atoms with Crippen molar-refractivity contribution in [2.24, 2.45) is 0 Å². The van der Waals surface area contributed by atoms with Crippen LogP contribution in [0.25, 0.3) is 0 Å². The highest BCUT2D eigenvalue weighted by Gasteiger charge is 2.12. The van der Waals surface area contributed by atoms with E-state index < -0.39 is 14.8 Å². The van der Waals surface area contributed by atoms with Crippen molar-refractivity contribution in [1.29, 1.82) is 0 Å². The van der Waals surface area contributed by atoms with Gasteiger partial charge in [-0.3, -0.25) is 10.1 Å². The monoisotopic (exact) mass is 286 g/mol. The first-order valence-corrected chi connectivity index (χ1v) is 7.94. The zero-order valence-corrected chi connectivity index (χ0v) is 12.0. The van der Waals surface area contributed by atoms with Crippen LogP contribution in [-0.4, -0.2) is 31.4 Å². The van der Waals surface area contributed by atoms with E-state index in [4.69, 9.17) is 0 Å². The van der Waals surface area contributed by atoms with Crippen molar-refractivity contribution in [3.8, 4) is 0 Å². The molecule has 0 amide bonds. The molecule has 1 aromatic carbocycles. The SMILES string of the molecule is Cc1cc(NC(C)CCS(C)(=O)=O)ccc1[N+](=O)[O-]. The lowest BCUT2D eigenvalue weighted by molar-refractivity contribution is -0.385. The van der Waals surface area contributed by atoms with E-state index >= 15 is 0 Å². The van der Waals surface area contributed by atoms with Gasteiger partial charge in [-0.2, -0.15) is 0 Å². The highest BCUT2D eigenvalue weighted by molar-refractivity contribution is 7.90. The minimum absolute atomic E-state index is 0.0180. The highest BCUT2D eigenvalue weighted by atomic mass is 32.2. The molecule has 0 saturated heterocycles. The molecule has 1 unspecified atom stereocenters. The number of nitrogens with one attached hydrogen (secondary N) is 1. The van der Waals surface area contributed by atoms with Crippen LogP contribution in [0.15, 0.2) is 18.2 Å². The second-order valence-corrected chi connectivity index (χ2v) is 6.98. The van der Waals surface area contributed by atoms with E-state index in [9.17, 15) is 18.5 Å². The van der Waals surface area contributed by atoms with Gasteiger partial charge in [-0.1, -0.05) is 0 Å². The zero-order valence-electron chi connectivity index (χ0n) is 11.2. The van der Waals surface area contributed by atoms with E-state index in [1.165, 1.54) is 12.3 Å². The van der Waals surface area contributed by atoms with Crippen molar-refractivity contribution in [1.82, 2.24) is 0 Å². The van der Waals surface area contributed by atoms with Crippen LogP contribution in [0.4, 0.5) is 11.4 Å². The Hall–Kier alpha value is -1.63. The summed E-state index contributed by atoms with van der Waals surface area (Å²) in [6.07, 6.45) is 1.70. The maximum Gasteiger partial charge on any atom is 0.272 e. The summed E-state index contributed by atoms with van der Waals surface area (Å²) >= 11 is 0. The summed E-state index contributed by atoms with van der Waals surface area (Å²) in [6.45, 7) is 3.55. The third kappa shape index (κ3) is 5.25. The molecule has 19 heavy (non-hydrogen) atoms. The van der Waals surface area contributed by atoms with Gasteiger partial charge in [0.05, 0.1) is 10.7 Å². The lowest BCUT2D eigenvalue weighted by Gasteiger charge is -2.15. The molecule has 1 aromatic rings. The lowest BCUT2D eigenvalue weighted by Crippen LogP contribution is -2.19. The van der Waals surface area contributed by atoms with Crippen LogP contribution >= 0.6 is 0 Å². The third-order valence-corrected chi connectivity index (χ3v) is 3.71. The van der Waals surface area contributed by atoms with Crippen LogP contribution in [0.1, 0.15) is 18.9 Å². The topological polar surface area (TPSA) is 89.3 Å². The lowest BCUT2D eigenvalue weighted by atomic mass is 10.1. The fourth-order valence-corrected chi connectivity index (χ4v) is 2.48. The largest absolute Gasteiger partial charge is 0.383 e. The molecule has 0 bridgehead atoms. The van der Waals surface area contributed by atoms with E-state index in [0.29, 0.717) is 12.0 Å². The minimum atomic E-state index is -2.97. The second-order valence-electron chi connectivity index (χ2n) is 4.72. The van der Waals surface area contributed by atoms with Crippen molar-refractivity contribution >= 4 is 21.2 Å². The maximum atomic E-state index is 11.1. The number of sulfone groups is 1. The van der Waals surface area contributed by atoms with Crippen LogP contribution in [0, 0.1) is 17.0 Å². The number of anilines is 1. The summed E-state index contributed by atoms with van der Waals surface area (Å²) in [5, 5.41) is 13.8. The summed E-state index contributed by atoms with van der Waals surface area (Å²) in [5.41, 5.74) is 1.41. The van der Waals surface area contributed by atoms with Gasteiger partial charge in [0.1, 0.15) is 9.84 Å². The Morgan fingerprint density at radius 1 is 1.42 bits per heavy atom. The van der Waals surface area contributed by atoms with Crippen molar-refractivity contribution in [3.63, 3.8) is 0 Å². The number of rotatable bonds is 6. The van der Waals surface area contributed by atoms with Gasteiger partial charge < -0.3 is 5.32 Å². The zero-order chi connectivity index (χ0) is 14.6. The third-order valence-electron chi connectivity index (χ3n) is 2.73. The smallest absolute Gasteiger partial charge is 0.272 e. The first-order valence-electron chi connectivity index (χ1n) is 5.88. The first-order chi connectivity index (χ1) is 8.69. The molecule has 0 saturated carbocycles. The Kier molecular flexibility index (Phi) is 4.88. The molecule has 0 aliphatic rings. The van der Waals surface area contributed by atoms with Crippen molar-refractivity contribution in [2.75, 3.05) is 17.3 Å². The van der Waals surface area contributed by atoms with Crippen LogP contribution in [0.2, 0.25) is 0 Å². The van der Waals surface area contributed by atoms with Gasteiger partial charge in [0.25, 0.3) is 5.69 Å². The summed E-state index contributed by atoms with van der Waals surface area (Å²) in [5.74, 6) is 0.118. The molecule has 1 N–H and O–H groups in total. The number of hydrogen-bond donors (Lipinski definition) is 1. The van der Waals surface area contributed by atoms with Crippen molar-refractivity contribution in [3.05, 3.63) is 33.9 Å². The van der Waals surface area contributed by atoms with Crippen LogP contribution in [0.3, 0.4) is 0 Å².